The molecule has 3 aromatic rings. The van der Waals surface area contributed by atoms with Crippen LogP contribution in [0.1, 0.15) is 18.2 Å². The van der Waals surface area contributed by atoms with Gasteiger partial charge in [-0.3, -0.25) is 4.68 Å². The lowest BCUT2D eigenvalue weighted by molar-refractivity contribution is 0.387. The molecule has 1 aliphatic rings. The Balaban J connectivity index is 1.60. The van der Waals surface area contributed by atoms with Crippen molar-refractivity contribution in [1.29, 1.82) is 0 Å². The number of benzene rings is 1. The van der Waals surface area contributed by atoms with Gasteiger partial charge in [-0.15, -0.1) is 0 Å². The van der Waals surface area contributed by atoms with Crippen LogP contribution in [0.25, 0.3) is 11.4 Å². The van der Waals surface area contributed by atoms with Gasteiger partial charge in [0.1, 0.15) is 4.90 Å². The van der Waals surface area contributed by atoms with E-state index in [1.165, 1.54) is 10.5 Å². The van der Waals surface area contributed by atoms with Crippen LogP contribution in [0.5, 0.6) is 0 Å². The first-order chi connectivity index (χ1) is 12.6. The van der Waals surface area contributed by atoms with Crippen molar-refractivity contribution in [3.8, 4) is 11.4 Å². The summed E-state index contributed by atoms with van der Waals surface area (Å²) >= 11 is 0. The molecule has 1 aliphatic heterocycles. The Morgan fingerprint density at radius 1 is 1.15 bits per heavy atom. The highest BCUT2D eigenvalue weighted by molar-refractivity contribution is 7.89. The second kappa shape index (κ2) is 6.62. The molecule has 0 aliphatic carbocycles. The molecule has 2 aromatic heterocycles. The van der Waals surface area contributed by atoms with Crippen LogP contribution in [0.15, 0.2) is 53.8 Å². The van der Waals surface area contributed by atoms with Crippen molar-refractivity contribution in [1.82, 2.24) is 24.1 Å². The Morgan fingerprint density at radius 3 is 2.69 bits per heavy atom. The van der Waals surface area contributed by atoms with Gasteiger partial charge in [0.25, 0.3) is 0 Å². The summed E-state index contributed by atoms with van der Waals surface area (Å²) in [6.07, 6.45) is 5.28. The number of aryl methyl sites for hydroxylation is 1. The van der Waals surface area contributed by atoms with Crippen LogP contribution in [0.4, 0.5) is 0 Å². The average Bonchev–Trinajstić information content (AvgIpc) is 3.18. The van der Waals surface area contributed by atoms with E-state index in [1.54, 1.807) is 17.1 Å². The van der Waals surface area contributed by atoms with Crippen molar-refractivity contribution in [3.05, 3.63) is 60.2 Å². The van der Waals surface area contributed by atoms with Crippen LogP contribution in [-0.2, 0) is 29.5 Å². The van der Waals surface area contributed by atoms with E-state index in [4.69, 9.17) is 0 Å². The summed E-state index contributed by atoms with van der Waals surface area (Å²) in [5.41, 5.74) is 2.72. The fraction of sp³-hybridized carbons (Fsp3) is 0.278. The third kappa shape index (κ3) is 3.02. The van der Waals surface area contributed by atoms with Gasteiger partial charge in [-0.1, -0.05) is 30.3 Å². The van der Waals surface area contributed by atoms with Gasteiger partial charge in [0.05, 0.1) is 11.9 Å². The van der Waals surface area contributed by atoms with Gasteiger partial charge >= 0.3 is 0 Å². The Bertz CT molecular complexity index is 1030. The first-order valence-corrected chi connectivity index (χ1v) is 9.95. The molecule has 0 unspecified atom stereocenters. The number of hydrogen-bond donors (Lipinski definition) is 0. The lowest BCUT2D eigenvalue weighted by atomic mass is 10.1. The van der Waals surface area contributed by atoms with Crippen molar-refractivity contribution in [2.45, 2.75) is 31.3 Å². The first kappa shape index (κ1) is 16.9. The largest absolute Gasteiger partial charge is 0.272 e. The smallest absolute Gasteiger partial charge is 0.246 e. The maximum Gasteiger partial charge on any atom is 0.246 e. The second-order valence-corrected chi connectivity index (χ2v) is 8.09. The highest BCUT2D eigenvalue weighted by Crippen LogP contribution is 2.25. The molecule has 1 aromatic carbocycles. The monoisotopic (exact) mass is 369 g/mol. The molecule has 0 radical (unpaired) electrons. The van der Waals surface area contributed by atoms with E-state index in [0.29, 0.717) is 25.3 Å². The summed E-state index contributed by atoms with van der Waals surface area (Å²) in [4.78, 5) is 9.29. The molecule has 0 N–H and O–H groups in total. The summed E-state index contributed by atoms with van der Waals surface area (Å²) in [5.74, 6) is 0.671. The van der Waals surface area contributed by atoms with E-state index in [9.17, 15) is 8.42 Å². The number of hydrogen-bond acceptors (Lipinski definition) is 5. The van der Waals surface area contributed by atoms with Crippen LogP contribution >= 0.6 is 0 Å². The molecular formula is C18H19N5O2S. The third-order valence-corrected chi connectivity index (χ3v) is 6.30. The number of fused-ring (bicyclic) bond motifs is 1. The Kier molecular flexibility index (Phi) is 4.29. The normalized spacial score (nSPS) is 15.0. The topological polar surface area (TPSA) is 81.0 Å². The third-order valence-electron chi connectivity index (χ3n) is 4.50. The minimum atomic E-state index is -3.56. The highest BCUT2D eigenvalue weighted by Gasteiger charge is 2.30. The van der Waals surface area contributed by atoms with Gasteiger partial charge in [-0.05, 0) is 6.92 Å². The first-order valence-electron chi connectivity index (χ1n) is 8.51. The molecule has 0 atom stereocenters. The van der Waals surface area contributed by atoms with Crippen molar-refractivity contribution < 1.29 is 8.42 Å². The maximum atomic E-state index is 12.8. The number of sulfonamides is 1. The molecule has 8 heteroatoms. The van der Waals surface area contributed by atoms with Gasteiger partial charge in [0.2, 0.25) is 10.0 Å². The fourth-order valence-corrected chi connectivity index (χ4v) is 4.40. The highest BCUT2D eigenvalue weighted by atomic mass is 32.2. The molecule has 26 heavy (non-hydrogen) atoms. The van der Waals surface area contributed by atoms with Crippen molar-refractivity contribution in [2.75, 3.05) is 6.54 Å². The molecule has 7 nitrogen and oxygen atoms in total. The molecule has 0 saturated carbocycles. The number of rotatable bonds is 4. The predicted octanol–water partition coefficient (Wildman–Crippen LogP) is 2.11. The summed E-state index contributed by atoms with van der Waals surface area (Å²) in [7, 11) is -3.56. The Hall–Kier alpha value is -2.58. The van der Waals surface area contributed by atoms with Gasteiger partial charge < -0.3 is 0 Å². The quantitative estimate of drug-likeness (QED) is 0.703. The number of nitrogens with zero attached hydrogens (tertiary/aromatic N) is 5. The van der Waals surface area contributed by atoms with E-state index >= 15 is 0 Å². The van der Waals surface area contributed by atoms with Gasteiger partial charge in [-0.2, -0.15) is 9.40 Å². The molecule has 4 rings (SSSR count). The van der Waals surface area contributed by atoms with Crippen LogP contribution in [-0.4, -0.2) is 39.0 Å². The summed E-state index contributed by atoms with van der Waals surface area (Å²) in [5, 5.41) is 4.07. The van der Waals surface area contributed by atoms with Gasteiger partial charge in [0.15, 0.2) is 5.82 Å². The Labute approximate surface area is 152 Å². The molecule has 0 spiro atoms. The van der Waals surface area contributed by atoms with Crippen LogP contribution in [0.3, 0.4) is 0 Å². The Morgan fingerprint density at radius 2 is 1.96 bits per heavy atom. The van der Waals surface area contributed by atoms with E-state index in [-0.39, 0.29) is 11.4 Å². The molecule has 0 fully saturated rings. The SMILES string of the molecule is CCn1cc(S(=O)(=O)N2CCc3nc(-c4ccccc4)ncc3C2)cn1. The lowest BCUT2D eigenvalue weighted by Crippen LogP contribution is -2.36. The van der Waals surface area contributed by atoms with Crippen LogP contribution in [0.2, 0.25) is 0 Å². The van der Waals surface area contributed by atoms with Crippen LogP contribution in [0, 0.1) is 0 Å². The molecular weight excluding hydrogens is 350 g/mol. The molecule has 3 heterocycles. The molecule has 0 amide bonds. The zero-order chi connectivity index (χ0) is 18.1. The summed E-state index contributed by atoms with van der Waals surface area (Å²) in [6, 6.07) is 9.77. The van der Waals surface area contributed by atoms with E-state index < -0.39 is 10.0 Å². The minimum absolute atomic E-state index is 0.227. The maximum absolute atomic E-state index is 12.8. The van der Waals surface area contributed by atoms with Crippen molar-refractivity contribution in [2.24, 2.45) is 0 Å². The van der Waals surface area contributed by atoms with E-state index in [0.717, 1.165) is 16.8 Å². The fourth-order valence-electron chi connectivity index (χ4n) is 3.02. The van der Waals surface area contributed by atoms with E-state index in [2.05, 4.69) is 15.1 Å². The van der Waals surface area contributed by atoms with Gasteiger partial charge in [0, 0.05) is 49.6 Å². The summed E-state index contributed by atoms with van der Waals surface area (Å²) < 4.78 is 28.8. The summed E-state index contributed by atoms with van der Waals surface area (Å²) in [6.45, 7) is 3.23. The molecule has 0 bridgehead atoms. The molecule has 0 saturated heterocycles. The zero-order valence-electron chi connectivity index (χ0n) is 14.4. The van der Waals surface area contributed by atoms with E-state index in [1.807, 2.05) is 37.3 Å². The van der Waals surface area contributed by atoms with Crippen molar-refractivity contribution in [3.63, 3.8) is 0 Å². The molecule has 134 valence electrons. The second-order valence-electron chi connectivity index (χ2n) is 6.15. The predicted molar refractivity (Wildman–Crippen MR) is 96.7 cm³/mol. The van der Waals surface area contributed by atoms with Crippen molar-refractivity contribution >= 4 is 10.0 Å². The lowest BCUT2D eigenvalue weighted by Gasteiger charge is -2.26. The zero-order valence-corrected chi connectivity index (χ0v) is 15.2. The van der Waals surface area contributed by atoms with Crippen LogP contribution < -0.4 is 0 Å². The standard InChI is InChI=1S/C18H19N5O2S/c1-2-22-13-16(11-20-22)26(24,25)23-9-8-17-15(12-23)10-19-18(21-17)14-6-4-3-5-7-14/h3-7,10-11,13H,2,8-9,12H2,1H3. The minimum Gasteiger partial charge on any atom is -0.272 e. The average molecular weight is 369 g/mol. The number of aromatic nitrogens is 4. The van der Waals surface area contributed by atoms with Gasteiger partial charge in [-0.25, -0.2) is 18.4 Å².